The van der Waals surface area contributed by atoms with E-state index in [-0.39, 0.29) is 17.0 Å². The van der Waals surface area contributed by atoms with Gasteiger partial charge in [0, 0.05) is 6.42 Å². The molecule has 0 amide bonds. The molecule has 2 rings (SSSR count). The molecular formula is C16H20O3S. The van der Waals surface area contributed by atoms with Crippen molar-refractivity contribution in [2.45, 2.75) is 18.1 Å². The molecule has 0 bridgehead atoms. The van der Waals surface area contributed by atoms with Crippen LogP contribution in [0.1, 0.15) is 12.0 Å². The van der Waals surface area contributed by atoms with Gasteiger partial charge in [0.2, 0.25) is 11.5 Å². The second-order valence-electron chi connectivity index (χ2n) is 4.84. The maximum absolute atomic E-state index is 12.5. The fourth-order valence-corrected chi connectivity index (χ4v) is 3.60. The maximum atomic E-state index is 12.5. The molecule has 1 aliphatic rings. The molecule has 2 unspecified atom stereocenters. The molecule has 0 N–H and O–H groups in total. The number of ketones is 1. The van der Waals surface area contributed by atoms with Gasteiger partial charge in [-0.25, -0.2) is 0 Å². The standard InChI is InChI=1S/C16H20O3S/c1-18-13-10-12(9-11-7-5-4-6-8-11)16(20-3)14(17)15(13)19-2/h4-8,12,16H,9-10H2,1-3H3. The summed E-state index contributed by atoms with van der Waals surface area (Å²) in [5.74, 6) is 1.35. The first kappa shape index (κ1) is 15.0. The van der Waals surface area contributed by atoms with E-state index in [1.54, 1.807) is 18.9 Å². The zero-order chi connectivity index (χ0) is 14.5. The molecule has 1 aromatic carbocycles. The van der Waals surface area contributed by atoms with Crippen LogP contribution in [0.3, 0.4) is 0 Å². The molecule has 0 fully saturated rings. The summed E-state index contributed by atoms with van der Waals surface area (Å²) in [6.07, 6.45) is 3.60. The highest BCUT2D eigenvalue weighted by molar-refractivity contribution is 8.00. The summed E-state index contributed by atoms with van der Waals surface area (Å²) >= 11 is 1.59. The van der Waals surface area contributed by atoms with Crippen LogP contribution in [0.25, 0.3) is 0 Å². The zero-order valence-corrected chi connectivity index (χ0v) is 12.9. The second kappa shape index (κ2) is 6.84. The van der Waals surface area contributed by atoms with Gasteiger partial charge >= 0.3 is 0 Å². The van der Waals surface area contributed by atoms with Crippen molar-refractivity contribution >= 4 is 17.5 Å². The molecule has 108 valence electrons. The van der Waals surface area contributed by atoms with E-state index in [1.165, 1.54) is 12.7 Å². The molecule has 0 aliphatic heterocycles. The monoisotopic (exact) mass is 292 g/mol. The van der Waals surface area contributed by atoms with Crippen molar-refractivity contribution in [3.63, 3.8) is 0 Å². The van der Waals surface area contributed by atoms with Gasteiger partial charge in [-0.2, -0.15) is 11.8 Å². The van der Waals surface area contributed by atoms with E-state index in [2.05, 4.69) is 12.1 Å². The third kappa shape index (κ3) is 3.01. The first-order valence-electron chi connectivity index (χ1n) is 6.63. The number of rotatable bonds is 5. The highest BCUT2D eigenvalue weighted by Crippen LogP contribution is 2.36. The summed E-state index contributed by atoms with van der Waals surface area (Å²) in [6.45, 7) is 0. The van der Waals surface area contributed by atoms with Gasteiger partial charge in [0.15, 0.2) is 0 Å². The molecule has 0 saturated carbocycles. The van der Waals surface area contributed by atoms with Crippen molar-refractivity contribution in [2.24, 2.45) is 5.92 Å². The number of benzene rings is 1. The van der Waals surface area contributed by atoms with Crippen LogP contribution < -0.4 is 0 Å². The van der Waals surface area contributed by atoms with Crippen LogP contribution in [0.2, 0.25) is 0 Å². The molecule has 1 aromatic rings. The van der Waals surface area contributed by atoms with Crippen molar-refractivity contribution in [2.75, 3.05) is 20.5 Å². The van der Waals surface area contributed by atoms with Gasteiger partial charge in [0.25, 0.3) is 0 Å². The van der Waals surface area contributed by atoms with Crippen LogP contribution in [-0.4, -0.2) is 31.5 Å². The van der Waals surface area contributed by atoms with Crippen LogP contribution in [-0.2, 0) is 20.7 Å². The molecule has 20 heavy (non-hydrogen) atoms. The van der Waals surface area contributed by atoms with E-state index in [4.69, 9.17) is 9.47 Å². The SMILES string of the molecule is COC1=C(OC)C(=O)C(SC)C(Cc2ccccc2)C1. The normalized spacial score (nSPS) is 22.9. The Balaban J connectivity index is 2.25. The summed E-state index contributed by atoms with van der Waals surface area (Å²) in [5, 5.41) is -0.0657. The first-order chi connectivity index (χ1) is 9.71. The number of methoxy groups -OCH3 is 2. The van der Waals surface area contributed by atoms with E-state index >= 15 is 0 Å². The van der Waals surface area contributed by atoms with Gasteiger partial charge in [-0.3, -0.25) is 4.79 Å². The Hall–Kier alpha value is -1.42. The third-order valence-corrected chi connectivity index (χ3v) is 4.76. The van der Waals surface area contributed by atoms with E-state index in [0.29, 0.717) is 11.5 Å². The Morgan fingerprint density at radius 2 is 1.90 bits per heavy atom. The minimum atomic E-state index is -0.0657. The molecular weight excluding hydrogens is 272 g/mol. The fraction of sp³-hybridized carbons (Fsp3) is 0.438. The third-order valence-electron chi connectivity index (χ3n) is 3.66. The number of hydrogen-bond acceptors (Lipinski definition) is 4. The van der Waals surface area contributed by atoms with Gasteiger partial charge in [-0.15, -0.1) is 0 Å². The molecule has 0 radical (unpaired) electrons. The topological polar surface area (TPSA) is 35.5 Å². The predicted molar refractivity (Wildman–Crippen MR) is 81.6 cm³/mol. The number of carbonyl (C=O) groups is 1. The molecule has 0 saturated heterocycles. The molecule has 2 atom stereocenters. The van der Waals surface area contributed by atoms with E-state index in [9.17, 15) is 4.79 Å². The average Bonchev–Trinajstić information content (AvgIpc) is 2.48. The Labute approximate surface area is 124 Å². The summed E-state index contributed by atoms with van der Waals surface area (Å²) < 4.78 is 10.6. The maximum Gasteiger partial charge on any atom is 0.214 e. The number of Topliss-reactive ketones (excluding diaryl/α,β-unsaturated/α-hetero) is 1. The molecule has 0 heterocycles. The number of ether oxygens (including phenoxy) is 2. The van der Waals surface area contributed by atoms with E-state index in [1.807, 2.05) is 24.5 Å². The summed E-state index contributed by atoms with van der Waals surface area (Å²) in [6, 6.07) is 10.3. The second-order valence-corrected chi connectivity index (χ2v) is 5.81. The van der Waals surface area contributed by atoms with Crippen molar-refractivity contribution < 1.29 is 14.3 Å². The predicted octanol–water partition coefficient (Wildman–Crippen LogP) is 3.05. The van der Waals surface area contributed by atoms with Crippen LogP contribution >= 0.6 is 11.8 Å². The highest BCUT2D eigenvalue weighted by Gasteiger charge is 2.38. The van der Waals surface area contributed by atoms with Crippen molar-refractivity contribution in [1.82, 2.24) is 0 Å². The highest BCUT2D eigenvalue weighted by atomic mass is 32.2. The van der Waals surface area contributed by atoms with Crippen molar-refractivity contribution in [3.8, 4) is 0 Å². The minimum Gasteiger partial charge on any atom is -0.497 e. The first-order valence-corrected chi connectivity index (χ1v) is 7.92. The number of thioether (sulfide) groups is 1. The summed E-state index contributed by atoms with van der Waals surface area (Å²) in [4.78, 5) is 12.5. The average molecular weight is 292 g/mol. The lowest BCUT2D eigenvalue weighted by molar-refractivity contribution is -0.120. The van der Waals surface area contributed by atoms with Gasteiger partial charge in [-0.1, -0.05) is 30.3 Å². The number of allylic oxidation sites excluding steroid dienone is 2. The lowest BCUT2D eigenvalue weighted by Gasteiger charge is -2.31. The van der Waals surface area contributed by atoms with Crippen LogP contribution in [0.15, 0.2) is 41.9 Å². The lowest BCUT2D eigenvalue weighted by atomic mass is 9.85. The Morgan fingerprint density at radius 1 is 1.20 bits per heavy atom. The molecule has 1 aliphatic carbocycles. The summed E-state index contributed by atoms with van der Waals surface area (Å²) in [7, 11) is 3.13. The smallest absolute Gasteiger partial charge is 0.214 e. The van der Waals surface area contributed by atoms with Gasteiger partial charge < -0.3 is 9.47 Å². The Kier molecular flexibility index (Phi) is 5.12. The van der Waals surface area contributed by atoms with E-state index < -0.39 is 0 Å². The molecule has 3 nitrogen and oxygen atoms in total. The Bertz CT molecular complexity index is 496. The van der Waals surface area contributed by atoms with Crippen LogP contribution in [0.4, 0.5) is 0 Å². The molecule has 0 aromatic heterocycles. The zero-order valence-electron chi connectivity index (χ0n) is 12.1. The number of hydrogen-bond donors (Lipinski definition) is 0. The van der Waals surface area contributed by atoms with E-state index in [0.717, 1.165) is 12.8 Å². The quantitative estimate of drug-likeness (QED) is 0.835. The van der Waals surface area contributed by atoms with Crippen LogP contribution in [0, 0.1) is 5.92 Å². The van der Waals surface area contributed by atoms with Gasteiger partial charge in [0.05, 0.1) is 19.5 Å². The number of carbonyl (C=O) groups excluding carboxylic acids is 1. The minimum absolute atomic E-state index is 0.0454. The van der Waals surface area contributed by atoms with Crippen LogP contribution in [0.5, 0.6) is 0 Å². The van der Waals surface area contributed by atoms with Crippen molar-refractivity contribution in [3.05, 3.63) is 47.4 Å². The van der Waals surface area contributed by atoms with Crippen molar-refractivity contribution in [1.29, 1.82) is 0 Å². The molecule has 0 spiro atoms. The molecule has 4 heteroatoms. The van der Waals surface area contributed by atoms with Gasteiger partial charge in [-0.05, 0) is 24.2 Å². The largest absolute Gasteiger partial charge is 0.497 e. The fourth-order valence-electron chi connectivity index (χ4n) is 2.70. The summed E-state index contributed by atoms with van der Waals surface area (Å²) in [5.41, 5.74) is 1.25. The Morgan fingerprint density at radius 3 is 2.45 bits per heavy atom. The lowest BCUT2D eigenvalue weighted by Crippen LogP contribution is -2.35. The van der Waals surface area contributed by atoms with Gasteiger partial charge in [0.1, 0.15) is 5.76 Å².